The van der Waals surface area contributed by atoms with Gasteiger partial charge in [-0.3, -0.25) is 0 Å². The van der Waals surface area contributed by atoms with Crippen LogP contribution in [-0.2, 0) is 4.74 Å². The Morgan fingerprint density at radius 2 is 2.32 bits per heavy atom. The van der Waals surface area contributed by atoms with E-state index in [1.165, 1.54) is 31.3 Å². The molecule has 5 heteroatoms. The smallest absolute Gasteiger partial charge is 0.350 e. The Labute approximate surface area is 117 Å². The average molecular weight is 276 g/mol. The fraction of sp³-hybridized carbons (Fsp3) is 0.429. The maximum atomic E-state index is 11.7. The lowest BCUT2D eigenvalue weighted by Gasteiger charge is -2.02. The Hall–Kier alpha value is -1.80. The predicted octanol–water partition coefficient (Wildman–Crippen LogP) is 2.52. The summed E-state index contributed by atoms with van der Waals surface area (Å²) in [6, 6.07) is 1.84. The lowest BCUT2D eigenvalue weighted by molar-refractivity contribution is 0.0607. The van der Waals surface area contributed by atoms with Gasteiger partial charge >= 0.3 is 5.97 Å². The van der Waals surface area contributed by atoms with Gasteiger partial charge in [-0.2, -0.15) is 0 Å². The van der Waals surface area contributed by atoms with E-state index in [2.05, 4.69) is 16.8 Å². The van der Waals surface area contributed by atoms with Gasteiger partial charge in [-0.05, 0) is 18.9 Å². The quantitative estimate of drug-likeness (QED) is 0.369. The zero-order valence-corrected chi connectivity index (χ0v) is 12.1. The van der Waals surface area contributed by atoms with Crippen LogP contribution in [-0.4, -0.2) is 38.4 Å². The number of carbonyl (C=O) groups is 1. The molecule has 1 heterocycles. The molecule has 2 rings (SSSR count). The maximum Gasteiger partial charge on any atom is 0.350 e. The summed E-state index contributed by atoms with van der Waals surface area (Å²) in [6.07, 6.45) is 4.04. The second-order valence-corrected chi connectivity index (χ2v) is 5.62. The highest BCUT2D eigenvalue weighted by Gasteiger charge is 2.19. The van der Waals surface area contributed by atoms with Crippen molar-refractivity contribution in [2.45, 2.75) is 12.8 Å². The third-order valence-corrected chi connectivity index (χ3v) is 3.51. The summed E-state index contributed by atoms with van der Waals surface area (Å²) in [6.45, 7) is 0. The minimum absolute atomic E-state index is 0.365. The largest absolute Gasteiger partial charge is 0.465 e. The van der Waals surface area contributed by atoms with Crippen molar-refractivity contribution in [1.82, 2.24) is 4.90 Å². The van der Waals surface area contributed by atoms with Gasteiger partial charge in [-0.25, -0.2) is 9.79 Å². The van der Waals surface area contributed by atoms with E-state index >= 15 is 0 Å². The summed E-state index contributed by atoms with van der Waals surface area (Å²) in [7, 11) is 5.13. The standard InChI is InChI=1S/C14H16N2O2S/c1-16(2)9-15-12-8-11(7-6-10-4-5-10)19-13(12)14(17)18-3/h8-10H,4-5H2,1-3H3/b15-9+. The molecule has 0 radical (unpaired) electrons. The molecule has 0 N–H and O–H groups in total. The van der Waals surface area contributed by atoms with E-state index in [4.69, 9.17) is 4.74 Å². The number of thiophene rings is 1. The lowest BCUT2D eigenvalue weighted by atomic mass is 10.3. The summed E-state index contributed by atoms with van der Waals surface area (Å²) in [5.41, 5.74) is 0.616. The number of esters is 1. The molecule has 0 aromatic carbocycles. The summed E-state index contributed by atoms with van der Waals surface area (Å²) >= 11 is 1.33. The SMILES string of the molecule is COC(=O)c1sc(C#CC2CC2)cc1/N=C/N(C)C. The van der Waals surface area contributed by atoms with Crippen LogP contribution < -0.4 is 0 Å². The van der Waals surface area contributed by atoms with Crippen molar-refractivity contribution in [1.29, 1.82) is 0 Å². The first-order valence-electron chi connectivity index (χ1n) is 6.04. The van der Waals surface area contributed by atoms with Crippen LogP contribution in [0.3, 0.4) is 0 Å². The highest BCUT2D eigenvalue weighted by molar-refractivity contribution is 7.15. The third-order valence-electron chi connectivity index (χ3n) is 2.49. The van der Waals surface area contributed by atoms with Crippen molar-refractivity contribution >= 4 is 29.3 Å². The van der Waals surface area contributed by atoms with Crippen molar-refractivity contribution in [3.63, 3.8) is 0 Å². The van der Waals surface area contributed by atoms with Crippen molar-refractivity contribution in [2.24, 2.45) is 10.9 Å². The first kappa shape index (κ1) is 13.6. The minimum Gasteiger partial charge on any atom is -0.465 e. The molecule has 0 atom stereocenters. The Bertz CT molecular complexity index is 560. The molecule has 1 aromatic heterocycles. The molecule has 19 heavy (non-hydrogen) atoms. The number of carbonyl (C=O) groups excluding carboxylic acids is 1. The van der Waals surface area contributed by atoms with Gasteiger partial charge in [0.1, 0.15) is 4.88 Å². The lowest BCUT2D eigenvalue weighted by Crippen LogP contribution is -2.07. The van der Waals surface area contributed by atoms with E-state index in [0.29, 0.717) is 16.5 Å². The van der Waals surface area contributed by atoms with Gasteiger partial charge in [0.25, 0.3) is 0 Å². The molecule has 1 saturated carbocycles. The van der Waals surface area contributed by atoms with Gasteiger partial charge in [0.15, 0.2) is 0 Å². The Balaban J connectivity index is 2.28. The van der Waals surface area contributed by atoms with Crippen LogP contribution in [0.2, 0.25) is 0 Å². The summed E-state index contributed by atoms with van der Waals surface area (Å²) in [4.78, 5) is 19.1. The molecule has 0 aliphatic heterocycles. The van der Waals surface area contributed by atoms with Gasteiger partial charge in [0, 0.05) is 20.0 Å². The van der Waals surface area contributed by atoms with Crippen LogP contribution in [0.25, 0.3) is 0 Å². The molecule has 1 fully saturated rings. The summed E-state index contributed by atoms with van der Waals surface area (Å²) in [5, 5.41) is 0. The van der Waals surface area contributed by atoms with Crippen LogP contribution in [0.1, 0.15) is 27.4 Å². The number of aliphatic imine (C=N–C) groups is 1. The molecule has 100 valence electrons. The highest BCUT2D eigenvalue weighted by atomic mass is 32.1. The normalized spacial score (nSPS) is 14.1. The fourth-order valence-electron chi connectivity index (χ4n) is 1.36. The van der Waals surface area contributed by atoms with Gasteiger partial charge in [-0.15, -0.1) is 11.3 Å². The topological polar surface area (TPSA) is 41.9 Å². The first-order chi connectivity index (χ1) is 9.10. The zero-order valence-electron chi connectivity index (χ0n) is 11.3. The number of hydrogen-bond acceptors (Lipinski definition) is 4. The number of rotatable bonds is 3. The minimum atomic E-state index is -0.365. The molecule has 1 aliphatic carbocycles. The van der Waals surface area contributed by atoms with Crippen LogP contribution in [0.15, 0.2) is 11.1 Å². The molecule has 0 amide bonds. The van der Waals surface area contributed by atoms with Gasteiger partial charge in [0.05, 0.1) is 24.0 Å². The molecule has 0 bridgehead atoms. The summed E-state index contributed by atoms with van der Waals surface area (Å²) < 4.78 is 4.77. The Morgan fingerprint density at radius 3 is 2.89 bits per heavy atom. The van der Waals surface area contributed by atoms with Crippen LogP contribution >= 0.6 is 11.3 Å². The Morgan fingerprint density at radius 1 is 1.58 bits per heavy atom. The number of ether oxygens (including phenoxy) is 1. The van der Waals surface area contributed by atoms with Crippen molar-refractivity contribution in [3.05, 3.63) is 15.8 Å². The van der Waals surface area contributed by atoms with E-state index in [1.54, 1.807) is 6.34 Å². The van der Waals surface area contributed by atoms with Crippen molar-refractivity contribution in [3.8, 4) is 11.8 Å². The van der Waals surface area contributed by atoms with E-state index in [0.717, 1.165) is 4.88 Å². The van der Waals surface area contributed by atoms with Gasteiger partial charge in [0.2, 0.25) is 0 Å². The molecule has 0 spiro atoms. The van der Waals surface area contributed by atoms with E-state index in [9.17, 15) is 4.79 Å². The second kappa shape index (κ2) is 5.89. The molecule has 1 aliphatic rings. The van der Waals surface area contributed by atoms with Crippen molar-refractivity contribution in [2.75, 3.05) is 21.2 Å². The van der Waals surface area contributed by atoms with Crippen LogP contribution in [0.4, 0.5) is 5.69 Å². The third kappa shape index (κ3) is 3.83. The Kier molecular flexibility index (Phi) is 4.23. The monoisotopic (exact) mass is 276 g/mol. The molecular weight excluding hydrogens is 260 g/mol. The molecule has 1 aromatic rings. The molecule has 0 saturated heterocycles. The first-order valence-corrected chi connectivity index (χ1v) is 6.86. The number of nitrogens with zero attached hydrogens (tertiary/aromatic N) is 2. The van der Waals surface area contributed by atoms with Gasteiger partial charge < -0.3 is 9.64 Å². The summed E-state index contributed by atoms with van der Waals surface area (Å²) in [5.74, 6) is 6.46. The fourth-order valence-corrected chi connectivity index (χ4v) is 2.24. The molecule has 0 unspecified atom stereocenters. The van der Waals surface area contributed by atoms with E-state index in [1.807, 2.05) is 25.1 Å². The van der Waals surface area contributed by atoms with Crippen LogP contribution in [0, 0.1) is 17.8 Å². The predicted molar refractivity (Wildman–Crippen MR) is 77.1 cm³/mol. The molecule has 4 nitrogen and oxygen atoms in total. The van der Waals surface area contributed by atoms with E-state index in [-0.39, 0.29) is 5.97 Å². The van der Waals surface area contributed by atoms with E-state index < -0.39 is 0 Å². The maximum absolute atomic E-state index is 11.7. The number of methoxy groups -OCH3 is 1. The zero-order chi connectivity index (χ0) is 13.8. The number of hydrogen-bond donors (Lipinski definition) is 0. The van der Waals surface area contributed by atoms with Crippen molar-refractivity contribution < 1.29 is 9.53 Å². The van der Waals surface area contributed by atoms with Crippen LogP contribution in [0.5, 0.6) is 0 Å². The second-order valence-electron chi connectivity index (χ2n) is 4.57. The molecular formula is C14H16N2O2S. The average Bonchev–Trinajstić information content (AvgIpc) is 3.12. The van der Waals surface area contributed by atoms with Gasteiger partial charge in [-0.1, -0.05) is 11.8 Å². The highest BCUT2D eigenvalue weighted by Crippen LogP contribution is 2.31.